The number of carbonyl (C=O) groups is 1. The number of nitrogens with two attached hydrogens (primary N) is 1. The van der Waals surface area contributed by atoms with Crippen LogP contribution < -0.4 is 15.8 Å². The number of aliphatic hydroxyl groups is 1. The Morgan fingerprint density at radius 2 is 2.03 bits per heavy atom. The molecule has 0 atom stereocenters. The number of nitrogens with zero attached hydrogens (tertiary/aromatic N) is 3. The summed E-state index contributed by atoms with van der Waals surface area (Å²) in [5.74, 6) is 1.88. The summed E-state index contributed by atoms with van der Waals surface area (Å²) in [6, 6.07) is 7.93. The van der Waals surface area contributed by atoms with Crippen LogP contribution in [0, 0.1) is 6.92 Å². The van der Waals surface area contributed by atoms with E-state index in [1.165, 1.54) is 0 Å². The van der Waals surface area contributed by atoms with Crippen molar-refractivity contribution in [1.82, 2.24) is 14.8 Å². The molecule has 0 aliphatic heterocycles. The van der Waals surface area contributed by atoms with E-state index < -0.39 is 11.7 Å². The molecule has 10 heteroatoms. The largest absolute Gasteiger partial charge is 0.490 e. The van der Waals surface area contributed by atoms with E-state index in [2.05, 4.69) is 10.4 Å². The number of ether oxygens (including phenoxy) is 2. The normalized spacial score (nSPS) is 18.3. The maximum atomic E-state index is 11.0. The molecule has 4 rings (SSSR count). The first-order valence-corrected chi connectivity index (χ1v) is 12.6. The molecule has 1 aliphatic carbocycles. The fourth-order valence-corrected chi connectivity index (χ4v) is 5.36. The van der Waals surface area contributed by atoms with Gasteiger partial charge in [-0.05, 0) is 58.6 Å². The average Bonchev–Trinajstić information content (AvgIpc) is 3.38. The van der Waals surface area contributed by atoms with Gasteiger partial charge in [0.2, 0.25) is 0 Å². The molecule has 35 heavy (non-hydrogen) atoms. The topological polar surface area (TPSA) is 125 Å². The molecule has 0 spiro atoms. The van der Waals surface area contributed by atoms with E-state index in [0.29, 0.717) is 11.7 Å². The zero-order chi connectivity index (χ0) is 25.2. The Balaban J connectivity index is 1.54. The highest BCUT2D eigenvalue weighted by Gasteiger charge is 2.27. The first-order valence-electron chi connectivity index (χ1n) is 11.8. The predicted octanol–water partition coefficient (Wildman–Crippen LogP) is 4.87. The highest BCUT2D eigenvalue weighted by molar-refractivity contribution is 7.15. The molecule has 9 nitrogen and oxygen atoms in total. The number of benzene rings is 1. The third-order valence-electron chi connectivity index (χ3n) is 5.93. The molecule has 3 aromatic rings. The minimum absolute atomic E-state index is 0.103. The van der Waals surface area contributed by atoms with E-state index in [9.17, 15) is 9.90 Å². The lowest BCUT2D eigenvalue weighted by Crippen LogP contribution is -2.28. The number of hydrogen-bond donors (Lipinski definition) is 3. The number of thiazole rings is 1. The van der Waals surface area contributed by atoms with Crippen LogP contribution in [0.4, 0.5) is 16.3 Å². The van der Waals surface area contributed by atoms with Crippen LogP contribution in [0.5, 0.6) is 5.75 Å². The van der Waals surface area contributed by atoms with Crippen molar-refractivity contribution in [2.45, 2.75) is 64.1 Å². The SMILES string of the molecule is Cc1cc(Nc2ccc(-c3cnc(C4CCC(OC(N)=O)CC4)s3)c(OCC(C)(C)O)c2)n(C)n1. The summed E-state index contributed by atoms with van der Waals surface area (Å²) in [4.78, 5) is 16.7. The van der Waals surface area contributed by atoms with Crippen LogP contribution in [-0.4, -0.2) is 44.3 Å². The maximum Gasteiger partial charge on any atom is 0.404 e. The minimum atomic E-state index is -0.968. The predicted molar refractivity (Wildman–Crippen MR) is 136 cm³/mol. The summed E-state index contributed by atoms with van der Waals surface area (Å²) >= 11 is 1.65. The van der Waals surface area contributed by atoms with Gasteiger partial charge in [-0.2, -0.15) is 5.10 Å². The summed E-state index contributed by atoms with van der Waals surface area (Å²) in [7, 11) is 1.89. The molecular weight excluding hydrogens is 466 g/mol. The minimum Gasteiger partial charge on any atom is -0.490 e. The highest BCUT2D eigenvalue weighted by atomic mass is 32.1. The third kappa shape index (κ3) is 6.52. The number of aromatic nitrogens is 3. The Hall–Kier alpha value is -3.11. The third-order valence-corrected chi connectivity index (χ3v) is 7.13. The number of rotatable bonds is 8. The number of aryl methyl sites for hydroxylation is 2. The van der Waals surface area contributed by atoms with Crippen molar-refractivity contribution in [2.24, 2.45) is 12.8 Å². The summed E-state index contributed by atoms with van der Waals surface area (Å²) in [6.07, 6.45) is 4.45. The number of anilines is 2. The van der Waals surface area contributed by atoms with Crippen LogP contribution >= 0.6 is 11.3 Å². The van der Waals surface area contributed by atoms with Gasteiger partial charge >= 0.3 is 6.09 Å². The Kier molecular flexibility index (Phi) is 7.32. The molecule has 1 amide bonds. The lowest BCUT2D eigenvalue weighted by atomic mass is 9.88. The quantitative estimate of drug-likeness (QED) is 0.404. The van der Waals surface area contributed by atoms with Gasteiger partial charge in [0.25, 0.3) is 0 Å². The summed E-state index contributed by atoms with van der Waals surface area (Å²) in [5.41, 5.74) is 6.90. The van der Waals surface area contributed by atoms with Gasteiger partial charge in [-0.3, -0.25) is 4.68 Å². The lowest BCUT2D eigenvalue weighted by molar-refractivity contribution is 0.0287. The molecule has 1 aromatic carbocycles. The van der Waals surface area contributed by atoms with Crippen molar-refractivity contribution >= 4 is 28.9 Å². The van der Waals surface area contributed by atoms with E-state index in [4.69, 9.17) is 20.2 Å². The maximum absolute atomic E-state index is 11.0. The Morgan fingerprint density at radius 1 is 1.29 bits per heavy atom. The van der Waals surface area contributed by atoms with E-state index >= 15 is 0 Å². The van der Waals surface area contributed by atoms with Crippen LogP contribution in [0.15, 0.2) is 30.5 Å². The lowest BCUT2D eigenvalue weighted by Gasteiger charge is -2.26. The van der Waals surface area contributed by atoms with Crippen molar-refractivity contribution < 1.29 is 19.4 Å². The molecule has 1 fully saturated rings. The van der Waals surface area contributed by atoms with E-state index in [0.717, 1.165) is 58.3 Å². The van der Waals surface area contributed by atoms with Crippen molar-refractivity contribution in [3.63, 3.8) is 0 Å². The first kappa shape index (κ1) is 25.0. The van der Waals surface area contributed by atoms with Crippen LogP contribution in [0.1, 0.15) is 56.2 Å². The Bertz CT molecular complexity index is 1170. The molecule has 2 heterocycles. The molecule has 0 bridgehead atoms. The standard InChI is InChI=1S/C25H33N5O4S/c1-15-11-22(30(4)29-15)28-17-7-10-19(20(12-17)33-14-25(2,3)32)21-13-27-23(35-21)16-5-8-18(9-6-16)34-24(26)31/h7,10-13,16,18,28,32H,5-6,8-9,14H2,1-4H3,(H2,26,31). The molecule has 0 saturated heterocycles. The monoisotopic (exact) mass is 499 g/mol. The number of amides is 1. The Morgan fingerprint density at radius 3 is 2.66 bits per heavy atom. The first-order chi connectivity index (χ1) is 16.6. The van der Waals surface area contributed by atoms with Gasteiger partial charge in [-0.15, -0.1) is 11.3 Å². The fraction of sp³-hybridized carbons (Fsp3) is 0.480. The number of carbonyl (C=O) groups excluding carboxylic acids is 1. The van der Waals surface area contributed by atoms with Crippen LogP contribution in [0.2, 0.25) is 0 Å². The van der Waals surface area contributed by atoms with Crippen molar-refractivity contribution in [2.75, 3.05) is 11.9 Å². The van der Waals surface area contributed by atoms with Gasteiger partial charge in [0.05, 0.1) is 21.2 Å². The summed E-state index contributed by atoms with van der Waals surface area (Å²) in [5, 5.41) is 19.1. The van der Waals surface area contributed by atoms with Gasteiger partial charge in [0.15, 0.2) is 0 Å². The zero-order valence-electron chi connectivity index (χ0n) is 20.6. The fourth-order valence-electron chi connectivity index (χ4n) is 4.25. The molecule has 188 valence electrons. The molecule has 0 radical (unpaired) electrons. The van der Waals surface area contributed by atoms with E-state index in [-0.39, 0.29) is 12.7 Å². The summed E-state index contributed by atoms with van der Waals surface area (Å²) < 4.78 is 13.0. The van der Waals surface area contributed by atoms with E-state index in [1.807, 2.05) is 44.4 Å². The smallest absolute Gasteiger partial charge is 0.404 e. The molecule has 1 saturated carbocycles. The van der Waals surface area contributed by atoms with Crippen molar-refractivity contribution in [1.29, 1.82) is 0 Å². The van der Waals surface area contributed by atoms with E-state index in [1.54, 1.807) is 29.9 Å². The number of primary amides is 1. The van der Waals surface area contributed by atoms with Crippen LogP contribution in [0.25, 0.3) is 10.4 Å². The van der Waals surface area contributed by atoms with Crippen LogP contribution in [0.3, 0.4) is 0 Å². The van der Waals surface area contributed by atoms with Crippen LogP contribution in [-0.2, 0) is 11.8 Å². The average molecular weight is 500 g/mol. The van der Waals surface area contributed by atoms with Gasteiger partial charge in [-0.25, -0.2) is 9.78 Å². The molecule has 4 N–H and O–H groups in total. The number of hydrogen-bond acceptors (Lipinski definition) is 8. The van der Waals surface area contributed by atoms with Gasteiger partial charge < -0.3 is 25.6 Å². The zero-order valence-corrected chi connectivity index (χ0v) is 21.4. The van der Waals surface area contributed by atoms with Gasteiger partial charge in [-0.1, -0.05) is 0 Å². The van der Waals surface area contributed by atoms with Crippen molar-refractivity contribution in [3.05, 3.63) is 41.2 Å². The van der Waals surface area contributed by atoms with Crippen molar-refractivity contribution in [3.8, 4) is 16.2 Å². The second-order valence-electron chi connectivity index (χ2n) is 9.70. The second kappa shape index (κ2) is 10.2. The van der Waals surface area contributed by atoms with Gasteiger partial charge in [0.1, 0.15) is 24.3 Å². The molecule has 2 aromatic heterocycles. The molecule has 1 aliphatic rings. The molecule has 0 unspecified atom stereocenters. The summed E-state index contributed by atoms with van der Waals surface area (Å²) in [6.45, 7) is 5.54. The van der Waals surface area contributed by atoms with Gasteiger partial charge in [0, 0.05) is 42.5 Å². The second-order valence-corrected chi connectivity index (χ2v) is 10.8. The Labute approximate surface area is 209 Å². The molecular formula is C25H33N5O4S. The number of nitrogens with one attached hydrogen (secondary N) is 1. The highest BCUT2D eigenvalue weighted by Crippen LogP contribution is 2.41.